The van der Waals surface area contributed by atoms with Crippen LogP contribution in [-0.4, -0.2) is 42.6 Å². The summed E-state index contributed by atoms with van der Waals surface area (Å²) in [5, 5.41) is 13.8. The largest absolute Gasteiger partial charge is 0.378 e. The monoisotopic (exact) mass is 372 g/mol. The molecule has 1 aliphatic rings. The molecule has 2 N–H and O–H groups in total. The minimum absolute atomic E-state index is 0.0997. The number of amides is 1. The summed E-state index contributed by atoms with van der Waals surface area (Å²) >= 11 is 5.96. The van der Waals surface area contributed by atoms with Crippen LogP contribution in [0.15, 0.2) is 54.6 Å². The molecule has 0 aromatic heterocycles. The quantitative estimate of drug-likeness (QED) is 0.847. The third kappa shape index (κ3) is 4.26. The van der Waals surface area contributed by atoms with E-state index in [1.165, 1.54) is 5.56 Å². The van der Waals surface area contributed by atoms with Crippen LogP contribution >= 0.6 is 11.6 Å². The lowest BCUT2D eigenvalue weighted by Gasteiger charge is -2.41. The van der Waals surface area contributed by atoms with Crippen LogP contribution < -0.4 is 5.32 Å². The molecule has 3 rings (SSSR count). The van der Waals surface area contributed by atoms with Gasteiger partial charge in [0.1, 0.15) is 0 Å². The fraction of sp³-hybridized carbons (Fsp3) is 0.381. The van der Waals surface area contributed by atoms with Crippen LogP contribution in [-0.2, 0) is 10.2 Å². The number of aliphatic hydroxyl groups is 1. The fourth-order valence-electron chi connectivity index (χ4n) is 3.59. The molecule has 2 aromatic carbocycles. The Morgan fingerprint density at radius 3 is 2.54 bits per heavy atom. The van der Waals surface area contributed by atoms with Crippen LogP contribution in [0.2, 0.25) is 5.02 Å². The zero-order valence-corrected chi connectivity index (χ0v) is 15.7. The molecule has 1 heterocycles. The van der Waals surface area contributed by atoms with E-state index in [0.29, 0.717) is 17.1 Å². The number of carbonyl (C=O) groups excluding carboxylic acids is 1. The Labute approximate surface area is 159 Å². The highest BCUT2D eigenvalue weighted by atomic mass is 35.5. The normalized spacial score (nSPS) is 18.3. The van der Waals surface area contributed by atoms with Crippen LogP contribution in [0.25, 0.3) is 0 Å². The molecule has 1 atom stereocenters. The van der Waals surface area contributed by atoms with Gasteiger partial charge < -0.3 is 15.3 Å². The number of hydrogen-bond donors (Lipinski definition) is 2. The first kappa shape index (κ1) is 18.9. The number of piperidine rings is 1. The van der Waals surface area contributed by atoms with Crippen molar-refractivity contribution in [1.82, 2.24) is 10.2 Å². The van der Waals surface area contributed by atoms with Gasteiger partial charge in [-0.05, 0) is 56.2 Å². The van der Waals surface area contributed by atoms with Gasteiger partial charge in [0.15, 0.2) is 6.10 Å². The molecule has 138 valence electrons. The first-order chi connectivity index (χ1) is 12.5. The van der Waals surface area contributed by atoms with Crippen molar-refractivity contribution in [1.29, 1.82) is 0 Å². The number of hydrogen-bond acceptors (Lipinski definition) is 3. The SMILES string of the molecule is CN1CCC(CNC(=O)C(O)c2cccc(Cl)c2)(c2ccccc2)CC1. The summed E-state index contributed by atoms with van der Waals surface area (Å²) in [5.74, 6) is -0.387. The molecule has 4 nitrogen and oxygen atoms in total. The zero-order valence-electron chi connectivity index (χ0n) is 15.0. The molecule has 1 fully saturated rings. The highest BCUT2D eigenvalue weighted by Crippen LogP contribution is 2.34. The van der Waals surface area contributed by atoms with Gasteiger partial charge in [-0.2, -0.15) is 0 Å². The molecule has 0 saturated carbocycles. The van der Waals surface area contributed by atoms with Crippen LogP contribution in [0.5, 0.6) is 0 Å². The van der Waals surface area contributed by atoms with Crippen molar-refractivity contribution in [3.8, 4) is 0 Å². The standard InChI is InChI=1S/C21H25ClN2O2/c1-24-12-10-21(11-13-24,17-7-3-2-4-8-17)15-23-20(26)19(25)16-6-5-9-18(22)14-16/h2-9,14,19,25H,10-13,15H2,1H3,(H,23,26). The van der Waals surface area contributed by atoms with Gasteiger partial charge >= 0.3 is 0 Å². The predicted octanol–water partition coefficient (Wildman–Crippen LogP) is 3.15. The Kier molecular flexibility index (Phi) is 5.97. The summed E-state index contributed by atoms with van der Waals surface area (Å²) in [6, 6.07) is 17.1. The minimum Gasteiger partial charge on any atom is -0.378 e. The molecule has 5 heteroatoms. The van der Waals surface area contributed by atoms with Gasteiger partial charge in [0.2, 0.25) is 0 Å². The van der Waals surface area contributed by atoms with E-state index in [1.807, 2.05) is 18.2 Å². The number of carbonyl (C=O) groups is 1. The lowest BCUT2D eigenvalue weighted by molar-refractivity contribution is -0.130. The Balaban J connectivity index is 1.73. The molecule has 1 aliphatic heterocycles. The van der Waals surface area contributed by atoms with Gasteiger partial charge in [0.05, 0.1) is 0 Å². The second-order valence-electron chi connectivity index (χ2n) is 7.12. The van der Waals surface area contributed by atoms with Gasteiger partial charge in [-0.1, -0.05) is 54.1 Å². The fourth-order valence-corrected chi connectivity index (χ4v) is 3.79. The van der Waals surface area contributed by atoms with Gasteiger partial charge in [0, 0.05) is 17.0 Å². The topological polar surface area (TPSA) is 52.6 Å². The smallest absolute Gasteiger partial charge is 0.253 e. The first-order valence-electron chi connectivity index (χ1n) is 8.95. The molecule has 1 amide bonds. The molecular formula is C21H25ClN2O2. The number of halogens is 1. The van der Waals surface area contributed by atoms with E-state index < -0.39 is 6.10 Å². The summed E-state index contributed by atoms with van der Waals surface area (Å²) in [7, 11) is 2.12. The van der Waals surface area contributed by atoms with E-state index in [9.17, 15) is 9.90 Å². The highest BCUT2D eigenvalue weighted by molar-refractivity contribution is 6.30. The number of aliphatic hydroxyl groups excluding tert-OH is 1. The van der Waals surface area contributed by atoms with Crippen molar-refractivity contribution < 1.29 is 9.90 Å². The summed E-state index contributed by atoms with van der Waals surface area (Å²) in [4.78, 5) is 14.8. The van der Waals surface area contributed by atoms with Gasteiger partial charge in [-0.3, -0.25) is 4.79 Å². The maximum absolute atomic E-state index is 12.5. The van der Waals surface area contributed by atoms with Crippen LogP contribution in [0.1, 0.15) is 30.1 Å². The summed E-state index contributed by atoms with van der Waals surface area (Å²) in [6.07, 6.45) is 0.732. The Morgan fingerprint density at radius 1 is 1.19 bits per heavy atom. The second-order valence-corrected chi connectivity index (χ2v) is 7.56. The predicted molar refractivity (Wildman–Crippen MR) is 104 cm³/mol. The molecule has 0 bridgehead atoms. The molecule has 0 spiro atoms. The van der Waals surface area contributed by atoms with E-state index in [-0.39, 0.29) is 11.3 Å². The average Bonchev–Trinajstić information content (AvgIpc) is 2.68. The maximum atomic E-state index is 12.5. The average molecular weight is 373 g/mol. The van der Waals surface area contributed by atoms with Crippen molar-refractivity contribution in [2.24, 2.45) is 0 Å². The Bertz CT molecular complexity index is 743. The van der Waals surface area contributed by atoms with Crippen molar-refractivity contribution in [3.63, 3.8) is 0 Å². The van der Waals surface area contributed by atoms with Crippen molar-refractivity contribution >= 4 is 17.5 Å². The van der Waals surface area contributed by atoms with Crippen LogP contribution in [0.4, 0.5) is 0 Å². The van der Waals surface area contributed by atoms with Gasteiger partial charge in [-0.25, -0.2) is 0 Å². The van der Waals surface area contributed by atoms with E-state index in [1.54, 1.807) is 24.3 Å². The molecule has 2 aromatic rings. The third-order valence-electron chi connectivity index (χ3n) is 5.34. The lowest BCUT2D eigenvalue weighted by Crippen LogP contribution is -2.48. The van der Waals surface area contributed by atoms with E-state index in [0.717, 1.165) is 25.9 Å². The Hall–Kier alpha value is -1.88. The third-order valence-corrected chi connectivity index (χ3v) is 5.58. The molecule has 0 radical (unpaired) electrons. The summed E-state index contributed by atoms with van der Waals surface area (Å²) < 4.78 is 0. The molecule has 1 saturated heterocycles. The van der Waals surface area contributed by atoms with Crippen molar-refractivity contribution in [2.45, 2.75) is 24.4 Å². The minimum atomic E-state index is -1.22. The van der Waals surface area contributed by atoms with Crippen LogP contribution in [0, 0.1) is 0 Å². The van der Waals surface area contributed by atoms with Crippen molar-refractivity contribution in [2.75, 3.05) is 26.7 Å². The van der Waals surface area contributed by atoms with Gasteiger partial charge in [0.25, 0.3) is 5.91 Å². The number of likely N-dealkylation sites (tertiary alicyclic amines) is 1. The number of nitrogens with zero attached hydrogens (tertiary/aromatic N) is 1. The number of nitrogens with one attached hydrogen (secondary N) is 1. The van der Waals surface area contributed by atoms with E-state index in [2.05, 4.69) is 29.4 Å². The lowest BCUT2D eigenvalue weighted by atomic mass is 9.72. The second kappa shape index (κ2) is 8.21. The highest BCUT2D eigenvalue weighted by Gasteiger charge is 2.36. The number of benzene rings is 2. The summed E-state index contributed by atoms with van der Waals surface area (Å²) in [5.41, 5.74) is 1.65. The van der Waals surface area contributed by atoms with E-state index >= 15 is 0 Å². The summed E-state index contributed by atoms with van der Waals surface area (Å²) in [6.45, 7) is 2.49. The number of rotatable bonds is 5. The van der Waals surface area contributed by atoms with Crippen molar-refractivity contribution in [3.05, 3.63) is 70.7 Å². The van der Waals surface area contributed by atoms with Gasteiger partial charge in [-0.15, -0.1) is 0 Å². The molecule has 26 heavy (non-hydrogen) atoms. The zero-order chi connectivity index (χ0) is 18.6. The maximum Gasteiger partial charge on any atom is 0.253 e. The molecule has 1 unspecified atom stereocenters. The van der Waals surface area contributed by atoms with E-state index in [4.69, 9.17) is 11.6 Å². The first-order valence-corrected chi connectivity index (χ1v) is 9.33. The van der Waals surface area contributed by atoms with Crippen LogP contribution in [0.3, 0.4) is 0 Å². The Morgan fingerprint density at radius 2 is 1.88 bits per heavy atom. The molecule has 0 aliphatic carbocycles. The molecular weight excluding hydrogens is 348 g/mol.